The Morgan fingerprint density at radius 3 is 2.67 bits per heavy atom. The van der Waals surface area contributed by atoms with E-state index >= 15 is 0 Å². The average molecular weight is 316 g/mol. The molecule has 5 heteroatoms. The molecule has 1 aromatic carbocycles. The summed E-state index contributed by atoms with van der Waals surface area (Å²) >= 11 is 3.35. The van der Waals surface area contributed by atoms with E-state index in [9.17, 15) is 9.90 Å². The van der Waals surface area contributed by atoms with E-state index in [1.807, 2.05) is 24.3 Å². The lowest BCUT2D eigenvalue weighted by Gasteiger charge is -2.23. The van der Waals surface area contributed by atoms with Crippen LogP contribution < -0.4 is 5.32 Å². The number of aliphatic hydroxyl groups excluding tert-OH is 1. The van der Waals surface area contributed by atoms with Gasteiger partial charge in [-0.05, 0) is 38.5 Å². The molecule has 100 valence electrons. The SMILES string of the molecule is CC(C)(C)OC(=O)NC(CO)c1cccc(Br)c1. The highest BCUT2D eigenvalue weighted by Crippen LogP contribution is 2.18. The van der Waals surface area contributed by atoms with Gasteiger partial charge in [0.1, 0.15) is 5.60 Å². The first kappa shape index (κ1) is 15.0. The Balaban J connectivity index is 2.71. The summed E-state index contributed by atoms with van der Waals surface area (Å²) in [5.41, 5.74) is 0.263. The molecular weight excluding hydrogens is 298 g/mol. The van der Waals surface area contributed by atoms with Gasteiger partial charge in [0.2, 0.25) is 0 Å². The van der Waals surface area contributed by atoms with Crippen LogP contribution >= 0.6 is 15.9 Å². The molecule has 0 saturated heterocycles. The van der Waals surface area contributed by atoms with E-state index in [0.717, 1.165) is 10.0 Å². The first-order valence-electron chi connectivity index (χ1n) is 5.67. The number of benzene rings is 1. The van der Waals surface area contributed by atoms with Gasteiger partial charge in [-0.15, -0.1) is 0 Å². The Kier molecular flexibility index (Phi) is 5.16. The second-order valence-corrected chi connectivity index (χ2v) is 5.85. The Morgan fingerprint density at radius 2 is 2.17 bits per heavy atom. The van der Waals surface area contributed by atoms with Gasteiger partial charge in [0.25, 0.3) is 0 Å². The van der Waals surface area contributed by atoms with Crippen LogP contribution in [0.15, 0.2) is 28.7 Å². The number of ether oxygens (including phenoxy) is 1. The van der Waals surface area contributed by atoms with Gasteiger partial charge in [-0.2, -0.15) is 0 Å². The molecule has 0 aromatic heterocycles. The fourth-order valence-electron chi connectivity index (χ4n) is 1.41. The first-order valence-corrected chi connectivity index (χ1v) is 6.47. The molecule has 1 unspecified atom stereocenters. The van der Waals surface area contributed by atoms with Crippen molar-refractivity contribution in [2.24, 2.45) is 0 Å². The summed E-state index contributed by atoms with van der Waals surface area (Å²) in [5, 5.41) is 12.0. The predicted octanol–water partition coefficient (Wildman–Crippen LogP) is 3.01. The summed E-state index contributed by atoms with van der Waals surface area (Å²) in [4.78, 5) is 11.6. The Hall–Kier alpha value is -1.07. The number of nitrogens with one attached hydrogen (secondary N) is 1. The summed E-state index contributed by atoms with van der Waals surface area (Å²) in [6.45, 7) is 5.19. The maximum Gasteiger partial charge on any atom is 0.408 e. The molecule has 1 aromatic rings. The normalized spacial score (nSPS) is 12.9. The number of halogens is 1. The molecule has 0 bridgehead atoms. The molecule has 0 saturated carbocycles. The van der Waals surface area contributed by atoms with Crippen molar-refractivity contribution in [3.05, 3.63) is 34.3 Å². The molecule has 2 N–H and O–H groups in total. The van der Waals surface area contributed by atoms with Crippen molar-refractivity contribution >= 4 is 22.0 Å². The Labute approximate surface area is 115 Å². The number of aliphatic hydroxyl groups is 1. The minimum atomic E-state index is -0.554. The number of alkyl carbamates (subject to hydrolysis) is 1. The zero-order valence-electron chi connectivity index (χ0n) is 10.7. The lowest BCUT2D eigenvalue weighted by Crippen LogP contribution is -2.36. The Bertz CT molecular complexity index is 415. The van der Waals surface area contributed by atoms with Gasteiger partial charge in [-0.1, -0.05) is 28.1 Å². The first-order chi connectivity index (χ1) is 8.31. The number of carbonyl (C=O) groups excluding carboxylic acids is 1. The predicted molar refractivity (Wildman–Crippen MR) is 73.3 cm³/mol. The smallest absolute Gasteiger partial charge is 0.408 e. The minimum Gasteiger partial charge on any atom is -0.444 e. The standard InChI is InChI=1S/C13H18BrNO3/c1-13(2,3)18-12(17)15-11(8-16)9-5-4-6-10(14)7-9/h4-7,11,16H,8H2,1-3H3,(H,15,17). The molecule has 0 radical (unpaired) electrons. The van der Waals surface area contributed by atoms with E-state index in [0.29, 0.717) is 0 Å². The maximum absolute atomic E-state index is 11.6. The molecule has 1 amide bonds. The van der Waals surface area contributed by atoms with Gasteiger partial charge in [0.05, 0.1) is 12.6 Å². The summed E-state index contributed by atoms with van der Waals surface area (Å²) in [6.07, 6.45) is -0.540. The quantitative estimate of drug-likeness (QED) is 0.901. The van der Waals surface area contributed by atoms with Crippen molar-refractivity contribution < 1.29 is 14.6 Å². The van der Waals surface area contributed by atoms with Gasteiger partial charge in [0, 0.05) is 4.47 Å². The van der Waals surface area contributed by atoms with E-state index in [1.165, 1.54) is 0 Å². The molecule has 0 spiro atoms. The molecule has 4 nitrogen and oxygen atoms in total. The highest BCUT2D eigenvalue weighted by atomic mass is 79.9. The number of amides is 1. The van der Waals surface area contributed by atoms with Crippen molar-refractivity contribution in [1.29, 1.82) is 0 Å². The fourth-order valence-corrected chi connectivity index (χ4v) is 1.82. The van der Waals surface area contributed by atoms with E-state index in [1.54, 1.807) is 20.8 Å². The van der Waals surface area contributed by atoms with Crippen molar-refractivity contribution in [1.82, 2.24) is 5.32 Å². The van der Waals surface area contributed by atoms with Crippen molar-refractivity contribution in [3.63, 3.8) is 0 Å². The van der Waals surface area contributed by atoms with E-state index in [4.69, 9.17) is 4.74 Å². The number of hydrogen-bond acceptors (Lipinski definition) is 3. The highest BCUT2D eigenvalue weighted by molar-refractivity contribution is 9.10. The highest BCUT2D eigenvalue weighted by Gasteiger charge is 2.20. The van der Waals surface area contributed by atoms with Crippen LogP contribution in [0.5, 0.6) is 0 Å². The van der Waals surface area contributed by atoms with Gasteiger partial charge in [-0.25, -0.2) is 4.79 Å². The molecule has 1 atom stereocenters. The summed E-state index contributed by atoms with van der Waals surface area (Å²) in [5.74, 6) is 0. The fraction of sp³-hybridized carbons (Fsp3) is 0.462. The van der Waals surface area contributed by atoms with E-state index in [-0.39, 0.29) is 6.61 Å². The molecule has 1 rings (SSSR count). The van der Waals surface area contributed by atoms with Gasteiger partial charge >= 0.3 is 6.09 Å². The lowest BCUT2D eigenvalue weighted by molar-refractivity contribution is 0.0482. The second-order valence-electron chi connectivity index (χ2n) is 4.94. The number of hydrogen-bond donors (Lipinski definition) is 2. The van der Waals surface area contributed by atoms with Gasteiger partial charge in [-0.3, -0.25) is 0 Å². The molecule has 0 aliphatic heterocycles. The molecule has 0 fully saturated rings. The van der Waals surface area contributed by atoms with E-state index in [2.05, 4.69) is 21.2 Å². The van der Waals surface area contributed by atoms with Gasteiger partial charge < -0.3 is 15.2 Å². The molecular formula is C13H18BrNO3. The lowest BCUT2D eigenvalue weighted by atomic mass is 10.1. The van der Waals surface area contributed by atoms with Gasteiger partial charge in [0.15, 0.2) is 0 Å². The van der Waals surface area contributed by atoms with Crippen molar-refractivity contribution in [3.8, 4) is 0 Å². The van der Waals surface area contributed by atoms with Crippen molar-refractivity contribution in [2.45, 2.75) is 32.4 Å². The van der Waals surface area contributed by atoms with Crippen LogP contribution in [-0.2, 0) is 4.74 Å². The van der Waals surface area contributed by atoms with Crippen LogP contribution in [-0.4, -0.2) is 23.4 Å². The number of carbonyl (C=O) groups is 1. The summed E-state index contributed by atoms with van der Waals surface area (Å²) in [6, 6.07) is 6.93. The third kappa shape index (κ3) is 5.06. The zero-order chi connectivity index (χ0) is 13.8. The number of rotatable bonds is 3. The van der Waals surface area contributed by atoms with Crippen LogP contribution in [0.25, 0.3) is 0 Å². The topological polar surface area (TPSA) is 58.6 Å². The van der Waals surface area contributed by atoms with Crippen LogP contribution in [0.3, 0.4) is 0 Å². The maximum atomic E-state index is 11.6. The van der Waals surface area contributed by atoms with E-state index < -0.39 is 17.7 Å². The van der Waals surface area contributed by atoms with Crippen LogP contribution in [0.4, 0.5) is 4.79 Å². The van der Waals surface area contributed by atoms with Crippen LogP contribution in [0, 0.1) is 0 Å². The molecule has 18 heavy (non-hydrogen) atoms. The molecule has 0 aliphatic rings. The van der Waals surface area contributed by atoms with Crippen molar-refractivity contribution in [2.75, 3.05) is 6.61 Å². The molecule has 0 aliphatic carbocycles. The van der Waals surface area contributed by atoms with Crippen LogP contribution in [0.1, 0.15) is 32.4 Å². The minimum absolute atomic E-state index is 0.185. The third-order valence-corrected chi connectivity index (χ3v) is 2.62. The zero-order valence-corrected chi connectivity index (χ0v) is 12.3. The summed E-state index contributed by atoms with van der Waals surface area (Å²) in [7, 11) is 0. The average Bonchev–Trinajstić information content (AvgIpc) is 2.23. The van der Waals surface area contributed by atoms with Crippen LogP contribution in [0.2, 0.25) is 0 Å². The monoisotopic (exact) mass is 315 g/mol. The Morgan fingerprint density at radius 1 is 1.50 bits per heavy atom. The largest absolute Gasteiger partial charge is 0.444 e. The molecule has 0 heterocycles. The summed E-state index contributed by atoms with van der Waals surface area (Å²) < 4.78 is 6.04. The second kappa shape index (κ2) is 6.20. The third-order valence-electron chi connectivity index (χ3n) is 2.12.